The van der Waals surface area contributed by atoms with Gasteiger partial charge in [-0.1, -0.05) is 13.3 Å². The van der Waals surface area contributed by atoms with Gasteiger partial charge in [0.2, 0.25) is 0 Å². The van der Waals surface area contributed by atoms with Crippen LogP contribution >= 0.6 is 0 Å². The molecule has 0 aromatic rings. The maximum atomic E-state index is 12.1. The molecule has 0 unspecified atom stereocenters. The van der Waals surface area contributed by atoms with Gasteiger partial charge in [0, 0.05) is 0 Å². The Morgan fingerprint density at radius 3 is 2.33 bits per heavy atom. The molecule has 4 aliphatic carbocycles. The van der Waals surface area contributed by atoms with Crippen molar-refractivity contribution in [3.8, 4) is 0 Å². The van der Waals surface area contributed by atoms with E-state index >= 15 is 0 Å². The Balaban J connectivity index is 1.71. The number of carbonyl (C=O) groups is 2. The third-order valence-corrected chi connectivity index (χ3v) is 8.94. The van der Waals surface area contributed by atoms with E-state index in [1.807, 2.05) is 6.92 Å². The molecule has 4 heteroatoms. The van der Waals surface area contributed by atoms with E-state index in [4.69, 9.17) is 0 Å². The summed E-state index contributed by atoms with van der Waals surface area (Å²) in [7, 11) is 0. The number of fused-ring (bicyclic) bond motifs is 3. The standard InChI is InChI=1S/C20H30O4/c1-18-7-3-8-19(2,17(23)24)14(18)6-9-20-10-12(4-5-15(18)20)13(11-20)16(21)22/h12-15H,3-11H2,1-2H3,(H,21,22)(H,23,24)/t12-,13+,14+,15+,18+,19+,20+/m0/s1. The summed E-state index contributed by atoms with van der Waals surface area (Å²) in [5.41, 5.74) is -0.355. The van der Waals surface area contributed by atoms with Crippen molar-refractivity contribution in [2.24, 2.45) is 39.9 Å². The summed E-state index contributed by atoms with van der Waals surface area (Å²) in [6.07, 6.45) is 8.96. The molecule has 2 N–H and O–H groups in total. The van der Waals surface area contributed by atoms with Crippen LogP contribution in [0.2, 0.25) is 0 Å². The quantitative estimate of drug-likeness (QED) is 0.794. The number of hydrogen-bond donors (Lipinski definition) is 2. The van der Waals surface area contributed by atoms with Crippen LogP contribution in [0.15, 0.2) is 0 Å². The smallest absolute Gasteiger partial charge is 0.309 e. The Bertz CT molecular complexity index is 586. The molecule has 0 radical (unpaired) electrons. The zero-order valence-corrected chi connectivity index (χ0v) is 14.9. The molecule has 4 nitrogen and oxygen atoms in total. The van der Waals surface area contributed by atoms with E-state index < -0.39 is 17.4 Å². The van der Waals surface area contributed by atoms with Crippen LogP contribution < -0.4 is 0 Å². The summed E-state index contributed by atoms with van der Waals surface area (Å²) in [4.78, 5) is 23.7. The minimum Gasteiger partial charge on any atom is -0.481 e. The average Bonchev–Trinajstić information content (AvgIpc) is 2.78. The lowest BCUT2D eigenvalue weighted by Gasteiger charge is -2.63. The Morgan fingerprint density at radius 1 is 0.917 bits per heavy atom. The molecule has 24 heavy (non-hydrogen) atoms. The topological polar surface area (TPSA) is 74.6 Å². The molecule has 4 aliphatic rings. The molecule has 4 saturated carbocycles. The summed E-state index contributed by atoms with van der Waals surface area (Å²) in [5, 5.41) is 19.5. The van der Waals surface area contributed by atoms with Crippen molar-refractivity contribution in [3.63, 3.8) is 0 Å². The third kappa shape index (κ3) is 1.91. The molecule has 1 spiro atoms. The average molecular weight is 334 g/mol. The first kappa shape index (κ1) is 16.4. The van der Waals surface area contributed by atoms with Gasteiger partial charge in [0.25, 0.3) is 0 Å². The van der Waals surface area contributed by atoms with E-state index in [2.05, 4.69) is 6.92 Å². The van der Waals surface area contributed by atoms with Crippen molar-refractivity contribution >= 4 is 11.9 Å². The van der Waals surface area contributed by atoms with Gasteiger partial charge in [-0.05, 0) is 86.9 Å². The Kier molecular flexibility index (Phi) is 3.41. The number of carboxylic acid groups (broad SMARTS) is 2. The highest BCUT2D eigenvalue weighted by Gasteiger charge is 2.66. The zero-order chi connectivity index (χ0) is 17.3. The molecular weight excluding hydrogens is 304 g/mol. The first-order chi connectivity index (χ1) is 11.2. The molecule has 0 saturated heterocycles. The second-order valence-corrected chi connectivity index (χ2v) is 9.78. The second kappa shape index (κ2) is 4.98. The van der Waals surface area contributed by atoms with Crippen molar-refractivity contribution < 1.29 is 19.8 Å². The third-order valence-electron chi connectivity index (χ3n) is 8.94. The molecule has 0 heterocycles. The highest BCUT2D eigenvalue weighted by Crippen LogP contribution is 2.72. The van der Waals surface area contributed by atoms with E-state index in [-0.39, 0.29) is 22.7 Å². The lowest BCUT2D eigenvalue weighted by molar-refractivity contribution is -0.181. The van der Waals surface area contributed by atoms with Gasteiger partial charge in [-0.15, -0.1) is 0 Å². The van der Waals surface area contributed by atoms with Crippen LogP contribution in [-0.4, -0.2) is 22.2 Å². The molecule has 7 atom stereocenters. The van der Waals surface area contributed by atoms with Crippen molar-refractivity contribution in [2.45, 2.75) is 71.6 Å². The fraction of sp³-hybridized carbons (Fsp3) is 0.900. The summed E-state index contributed by atoms with van der Waals surface area (Å²) >= 11 is 0. The van der Waals surface area contributed by atoms with E-state index in [0.717, 1.165) is 57.8 Å². The fourth-order valence-corrected chi connectivity index (χ4v) is 7.99. The van der Waals surface area contributed by atoms with Gasteiger partial charge < -0.3 is 10.2 Å². The van der Waals surface area contributed by atoms with Gasteiger partial charge in [-0.2, -0.15) is 0 Å². The van der Waals surface area contributed by atoms with Gasteiger partial charge in [0.05, 0.1) is 11.3 Å². The van der Waals surface area contributed by atoms with Crippen molar-refractivity contribution in [1.29, 1.82) is 0 Å². The minimum atomic E-state index is -0.627. The highest BCUT2D eigenvalue weighted by atomic mass is 16.4. The largest absolute Gasteiger partial charge is 0.481 e. The summed E-state index contributed by atoms with van der Waals surface area (Å²) in [6, 6.07) is 0. The van der Waals surface area contributed by atoms with Gasteiger partial charge in [-0.25, -0.2) is 0 Å². The molecule has 0 aromatic heterocycles. The Hall–Kier alpha value is -1.06. The van der Waals surface area contributed by atoms with E-state index in [1.54, 1.807) is 0 Å². The van der Waals surface area contributed by atoms with Crippen LogP contribution in [0.1, 0.15) is 71.6 Å². The number of aliphatic carboxylic acids is 2. The number of hydrogen-bond acceptors (Lipinski definition) is 2. The molecule has 4 fully saturated rings. The fourth-order valence-electron chi connectivity index (χ4n) is 7.99. The van der Waals surface area contributed by atoms with Crippen LogP contribution in [-0.2, 0) is 9.59 Å². The first-order valence-corrected chi connectivity index (χ1v) is 9.69. The maximum Gasteiger partial charge on any atom is 0.309 e. The van der Waals surface area contributed by atoms with Crippen LogP contribution in [0.4, 0.5) is 0 Å². The van der Waals surface area contributed by atoms with Crippen LogP contribution in [0.5, 0.6) is 0 Å². The predicted octanol–water partition coefficient (Wildman–Crippen LogP) is 4.18. The molecule has 0 aliphatic heterocycles. The van der Waals surface area contributed by atoms with Gasteiger partial charge in [0.15, 0.2) is 0 Å². The lowest BCUT2D eigenvalue weighted by Crippen LogP contribution is -2.58. The summed E-state index contributed by atoms with van der Waals surface area (Å²) in [6.45, 7) is 4.31. The normalized spacial score (nSPS) is 53.1. The van der Waals surface area contributed by atoms with Crippen molar-refractivity contribution in [2.75, 3.05) is 0 Å². The SMILES string of the molecule is C[C@@]12CCC[C@@](C)(C(=O)O)[C@@H]1CC[C@]13C[C@H](CC[C@@H]12)[C@H](C(=O)O)C3. The second-order valence-electron chi connectivity index (χ2n) is 9.78. The lowest BCUT2D eigenvalue weighted by atomic mass is 9.41. The van der Waals surface area contributed by atoms with Crippen LogP contribution in [0.3, 0.4) is 0 Å². The van der Waals surface area contributed by atoms with E-state index in [0.29, 0.717) is 11.8 Å². The summed E-state index contributed by atoms with van der Waals surface area (Å²) < 4.78 is 0. The highest BCUT2D eigenvalue weighted by molar-refractivity contribution is 5.75. The van der Waals surface area contributed by atoms with Crippen molar-refractivity contribution in [1.82, 2.24) is 0 Å². The van der Waals surface area contributed by atoms with E-state index in [1.165, 1.54) is 0 Å². The molecule has 134 valence electrons. The summed E-state index contributed by atoms with van der Waals surface area (Å²) in [5.74, 6) is -0.282. The van der Waals surface area contributed by atoms with Gasteiger partial charge in [-0.3, -0.25) is 9.59 Å². The van der Waals surface area contributed by atoms with E-state index in [9.17, 15) is 19.8 Å². The number of carboxylic acids is 2. The zero-order valence-electron chi connectivity index (χ0n) is 14.9. The Morgan fingerprint density at radius 2 is 1.67 bits per heavy atom. The predicted molar refractivity (Wildman–Crippen MR) is 89.4 cm³/mol. The monoisotopic (exact) mass is 334 g/mol. The first-order valence-electron chi connectivity index (χ1n) is 9.69. The minimum absolute atomic E-state index is 0.0714. The number of rotatable bonds is 2. The van der Waals surface area contributed by atoms with Crippen molar-refractivity contribution in [3.05, 3.63) is 0 Å². The molecule has 2 bridgehead atoms. The maximum absolute atomic E-state index is 12.1. The molecule has 4 rings (SSSR count). The molecule has 0 aromatic carbocycles. The molecular formula is C20H30O4. The van der Waals surface area contributed by atoms with Gasteiger partial charge in [0.1, 0.15) is 0 Å². The van der Waals surface area contributed by atoms with Crippen LogP contribution in [0.25, 0.3) is 0 Å². The van der Waals surface area contributed by atoms with Crippen LogP contribution in [0, 0.1) is 39.9 Å². The van der Waals surface area contributed by atoms with Gasteiger partial charge >= 0.3 is 11.9 Å². The molecule has 0 amide bonds. The Labute approximate surface area is 144 Å².